The van der Waals surface area contributed by atoms with Crippen LogP contribution in [0.25, 0.3) is 0 Å². The molecule has 1 fully saturated rings. The van der Waals surface area contributed by atoms with E-state index in [0.29, 0.717) is 12.1 Å². The molecule has 0 aromatic heterocycles. The number of methoxy groups -OCH3 is 1. The highest BCUT2D eigenvalue weighted by atomic mass is 16.5. The van der Waals surface area contributed by atoms with Crippen LogP contribution in [-0.4, -0.2) is 50.3 Å². The largest absolute Gasteiger partial charge is 0.383 e. The maximum atomic E-state index is 5.38. The summed E-state index contributed by atoms with van der Waals surface area (Å²) in [5.41, 5.74) is 1.42. The molecule has 0 amide bonds. The molecule has 1 aliphatic heterocycles. The molecule has 1 heterocycles. The van der Waals surface area contributed by atoms with Crippen molar-refractivity contribution in [3.05, 3.63) is 35.9 Å². The lowest BCUT2D eigenvalue weighted by Gasteiger charge is -2.31. The van der Waals surface area contributed by atoms with E-state index in [1.165, 1.54) is 18.5 Å². The van der Waals surface area contributed by atoms with Gasteiger partial charge in [0, 0.05) is 25.7 Å². The van der Waals surface area contributed by atoms with Crippen LogP contribution >= 0.6 is 0 Å². The number of nitrogens with one attached hydrogen (secondary N) is 1. The second-order valence-electron chi connectivity index (χ2n) is 5.71. The summed E-state index contributed by atoms with van der Waals surface area (Å²) in [6, 6.07) is 11.9. The molecule has 2 rings (SSSR count). The zero-order valence-electron chi connectivity index (χ0n) is 12.8. The van der Waals surface area contributed by atoms with Crippen molar-refractivity contribution >= 4 is 0 Å². The molecule has 1 N–H and O–H groups in total. The fourth-order valence-electron chi connectivity index (χ4n) is 3.07. The van der Waals surface area contributed by atoms with Gasteiger partial charge < -0.3 is 10.1 Å². The Kier molecular flexibility index (Phi) is 6.51. The summed E-state index contributed by atoms with van der Waals surface area (Å²) in [6.45, 7) is 6.52. The Morgan fingerprint density at radius 3 is 2.85 bits per heavy atom. The van der Waals surface area contributed by atoms with Crippen LogP contribution in [0.3, 0.4) is 0 Å². The molecule has 2 atom stereocenters. The van der Waals surface area contributed by atoms with E-state index in [9.17, 15) is 0 Å². The Balaban J connectivity index is 1.95. The van der Waals surface area contributed by atoms with Crippen LogP contribution in [-0.2, 0) is 11.2 Å². The van der Waals surface area contributed by atoms with Crippen molar-refractivity contribution in [2.75, 3.05) is 33.4 Å². The number of nitrogens with zero attached hydrogens (tertiary/aromatic N) is 1. The summed E-state index contributed by atoms with van der Waals surface area (Å²) in [6.07, 6.45) is 3.50. The minimum atomic E-state index is 0.547. The van der Waals surface area contributed by atoms with E-state index in [1.54, 1.807) is 7.11 Å². The van der Waals surface area contributed by atoms with Crippen LogP contribution in [0.15, 0.2) is 30.3 Å². The van der Waals surface area contributed by atoms with Gasteiger partial charge >= 0.3 is 0 Å². The van der Waals surface area contributed by atoms with Gasteiger partial charge in [0.2, 0.25) is 0 Å². The fourth-order valence-corrected chi connectivity index (χ4v) is 3.07. The predicted octanol–water partition coefficient (Wildman–Crippen LogP) is 2.32. The summed E-state index contributed by atoms with van der Waals surface area (Å²) in [7, 11) is 1.81. The summed E-state index contributed by atoms with van der Waals surface area (Å²) in [5, 5.41) is 3.70. The summed E-state index contributed by atoms with van der Waals surface area (Å²) in [5.74, 6) is 0. The number of hydrogen-bond donors (Lipinski definition) is 1. The Labute approximate surface area is 123 Å². The molecular weight excluding hydrogens is 248 g/mol. The monoisotopic (exact) mass is 276 g/mol. The molecule has 1 aromatic rings. The Morgan fingerprint density at radius 1 is 1.35 bits per heavy atom. The molecule has 0 aliphatic carbocycles. The van der Waals surface area contributed by atoms with Gasteiger partial charge in [0.05, 0.1) is 6.61 Å². The number of rotatable bonds is 6. The molecule has 1 aromatic carbocycles. The fraction of sp³-hybridized carbons (Fsp3) is 0.647. The van der Waals surface area contributed by atoms with Crippen molar-refractivity contribution in [3.8, 4) is 0 Å². The van der Waals surface area contributed by atoms with E-state index in [2.05, 4.69) is 47.5 Å². The van der Waals surface area contributed by atoms with Crippen molar-refractivity contribution in [3.63, 3.8) is 0 Å². The third-order valence-corrected chi connectivity index (χ3v) is 4.18. The highest BCUT2D eigenvalue weighted by molar-refractivity contribution is 5.16. The van der Waals surface area contributed by atoms with Crippen LogP contribution in [0.4, 0.5) is 0 Å². The second kappa shape index (κ2) is 8.40. The maximum Gasteiger partial charge on any atom is 0.0617 e. The van der Waals surface area contributed by atoms with Crippen LogP contribution in [0, 0.1) is 0 Å². The summed E-state index contributed by atoms with van der Waals surface area (Å²) >= 11 is 0. The minimum Gasteiger partial charge on any atom is -0.383 e. The van der Waals surface area contributed by atoms with Gasteiger partial charge in [-0.25, -0.2) is 0 Å². The van der Waals surface area contributed by atoms with E-state index in [0.717, 1.165) is 32.5 Å². The molecule has 0 saturated carbocycles. The topological polar surface area (TPSA) is 24.5 Å². The lowest BCUT2D eigenvalue weighted by Crippen LogP contribution is -2.45. The number of hydrogen-bond acceptors (Lipinski definition) is 3. The third-order valence-electron chi connectivity index (χ3n) is 4.18. The van der Waals surface area contributed by atoms with E-state index >= 15 is 0 Å². The maximum absolute atomic E-state index is 5.38. The molecule has 0 bridgehead atoms. The normalized spacial score (nSPS) is 22.4. The first kappa shape index (κ1) is 15.5. The first-order chi connectivity index (χ1) is 9.83. The van der Waals surface area contributed by atoms with E-state index in [1.807, 2.05) is 0 Å². The van der Waals surface area contributed by atoms with Gasteiger partial charge in [0.25, 0.3) is 0 Å². The average Bonchev–Trinajstić information content (AvgIpc) is 2.71. The Bertz CT molecular complexity index is 369. The molecule has 3 nitrogen and oxygen atoms in total. The quantitative estimate of drug-likeness (QED) is 0.863. The lowest BCUT2D eigenvalue weighted by molar-refractivity contribution is 0.0862. The molecule has 0 spiro atoms. The van der Waals surface area contributed by atoms with Crippen LogP contribution < -0.4 is 5.32 Å². The van der Waals surface area contributed by atoms with Crippen LogP contribution in [0.2, 0.25) is 0 Å². The van der Waals surface area contributed by atoms with Crippen LogP contribution in [0.1, 0.15) is 25.3 Å². The van der Waals surface area contributed by atoms with Crippen molar-refractivity contribution in [2.24, 2.45) is 0 Å². The first-order valence-corrected chi connectivity index (χ1v) is 7.83. The highest BCUT2D eigenvalue weighted by Crippen LogP contribution is 2.12. The molecule has 1 aliphatic rings. The predicted molar refractivity (Wildman–Crippen MR) is 84.1 cm³/mol. The smallest absolute Gasteiger partial charge is 0.0617 e. The SMILES string of the molecule is CCC(COC)N1CCCNC(Cc2ccccc2)C1. The zero-order chi connectivity index (χ0) is 14.2. The number of benzene rings is 1. The van der Waals surface area contributed by atoms with Gasteiger partial charge in [0.15, 0.2) is 0 Å². The molecule has 0 radical (unpaired) electrons. The van der Waals surface area contributed by atoms with Gasteiger partial charge in [-0.1, -0.05) is 37.3 Å². The molecule has 3 heteroatoms. The average molecular weight is 276 g/mol. The van der Waals surface area contributed by atoms with Gasteiger partial charge in [-0.2, -0.15) is 0 Å². The zero-order valence-corrected chi connectivity index (χ0v) is 12.8. The first-order valence-electron chi connectivity index (χ1n) is 7.83. The van der Waals surface area contributed by atoms with Crippen molar-refractivity contribution < 1.29 is 4.74 Å². The van der Waals surface area contributed by atoms with Gasteiger partial charge in [-0.3, -0.25) is 4.90 Å². The van der Waals surface area contributed by atoms with E-state index in [-0.39, 0.29) is 0 Å². The van der Waals surface area contributed by atoms with Crippen molar-refractivity contribution in [2.45, 2.75) is 38.3 Å². The Hall–Kier alpha value is -0.900. The van der Waals surface area contributed by atoms with Crippen LogP contribution in [0.5, 0.6) is 0 Å². The third kappa shape index (κ3) is 4.58. The van der Waals surface area contributed by atoms with Crippen molar-refractivity contribution in [1.29, 1.82) is 0 Å². The standard InChI is InChI=1S/C17H28N2O/c1-3-17(14-20-2)19-11-7-10-18-16(13-19)12-15-8-5-4-6-9-15/h4-6,8-9,16-18H,3,7,10-14H2,1-2H3. The minimum absolute atomic E-state index is 0.547. The van der Waals surface area contributed by atoms with Gasteiger partial charge in [-0.15, -0.1) is 0 Å². The number of ether oxygens (including phenoxy) is 1. The molecule has 112 valence electrons. The van der Waals surface area contributed by atoms with Gasteiger partial charge in [0.1, 0.15) is 0 Å². The lowest BCUT2D eigenvalue weighted by atomic mass is 10.0. The van der Waals surface area contributed by atoms with Crippen molar-refractivity contribution in [1.82, 2.24) is 10.2 Å². The summed E-state index contributed by atoms with van der Waals surface area (Å²) in [4.78, 5) is 2.61. The second-order valence-corrected chi connectivity index (χ2v) is 5.71. The summed E-state index contributed by atoms with van der Waals surface area (Å²) < 4.78 is 5.38. The van der Waals surface area contributed by atoms with Gasteiger partial charge in [-0.05, 0) is 37.9 Å². The molecule has 1 saturated heterocycles. The molecule has 2 unspecified atom stereocenters. The van der Waals surface area contributed by atoms with E-state index < -0.39 is 0 Å². The Morgan fingerprint density at radius 2 is 2.15 bits per heavy atom. The highest BCUT2D eigenvalue weighted by Gasteiger charge is 2.23. The molecule has 20 heavy (non-hydrogen) atoms. The molecular formula is C17H28N2O. The van der Waals surface area contributed by atoms with E-state index in [4.69, 9.17) is 4.74 Å².